The molecule has 0 aliphatic rings. The molecule has 0 saturated heterocycles. The van der Waals surface area contributed by atoms with Crippen LogP contribution in [0.5, 0.6) is 0 Å². The second kappa shape index (κ2) is 6.21. The SMILES string of the molecule is CCNc1cc(NCCCO)ccn1. The minimum absolute atomic E-state index is 0.220. The summed E-state index contributed by atoms with van der Waals surface area (Å²) >= 11 is 0. The lowest BCUT2D eigenvalue weighted by Crippen LogP contribution is -2.05. The number of nitrogens with one attached hydrogen (secondary N) is 2. The molecule has 0 unspecified atom stereocenters. The maximum atomic E-state index is 8.62. The summed E-state index contributed by atoms with van der Waals surface area (Å²) in [6.07, 6.45) is 2.53. The smallest absolute Gasteiger partial charge is 0.127 e. The van der Waals surface area contributed by atoms with Gasteiger partial charge in [0.1, 0.15) is 5.82 Å². The van der Waals surface area contributed by atoms with Gasteiger partial charge in [0, 0.05) is 37.6 Å². The topological polar surface area (TPSA) is 57.2 Å². The Labute approximate surface area is 84.4 Å². The average Bonchev–Trinajstić information content (AvgIpc) is 2.19. The first-order valence-corrected chi connectivity index (χ1v) is 4.91. The van der Waals surface area contributed by atoms with Gasteiger partial charge in [0.15, 0.2) is 0 Å². The molecule has 1 aromatic rings. The van der Waals surface area contributed by atoms with Crippen molar-refractivity contribution in [3.8, 4) is 0 Å². The first-order valence-electron chi connectivity index (χ1n) is 4.91. The van der Waals surface area contributed by atoms with Crippen molar-refractivity contribution in [3.05, 3.63) is 18.3 Å². The van der Waals surface area contributed by atoms with Crippen molar-refractivity contribution in [2.45, 2.75) is 13.3 Å². The number of aromatic nitrogens is 1. The molecule has 0 aromatic carbocycles. The van der Waals surface area contributed by atoms with Crippen molar-refractivity contribution < 1.29 is 5.11 Å². The maximum absolute atomic E-state index is 8.62. The highest BCUT2D eigenvalue weighted by Crippen LogP contribution is 2.11. The van der Waals surface area contributed by atoms with Gasteiger partial charge in [-0.15, -0.1) is 0 Å². The van der Waals surface area contributed by atoms with Crippen molar-refractivity contribution in [1.29, 1.82) is 0 Å². The molecule has 4 heteroatoms. The Morgan fingerprint density at radius 2 is 2.29 bits per heavy atom. The monoisotopic (exact) mass is 195 g/mol. The number of rotatable bonds is 6. The molecule has 1 heterocycles. The summed E-state index contributed by atoms with van der Waals surface area (Å²) in [5.41, 5.74) is 1.03. The van der Waals surface area contributed by atoms with Gasteiger partial charge in [-0.1, -0.05) is 0 Å². The fourth-order valence-corrected chi connectivity index (χ4v) is 1.13. The predicted molar refractivity (Wildman–Crippen MR) is 58.6 cm³/mol. The first-order chi connectivity index (χ1) is 6.86. The molecule has 1 rings (SSSR count). The van der Waals surface area contributed by atoms with Crippen LogP contribution in [0.15, 0.2) is 18.3 Å². The van der Waals surface area contributed by atoms with E-state index >= 15 is 0 Å². The van der Waals surface area contributed by atoms with Crippen LogP contribution in [0.25, 0.3) is 0 Å². The highest BCUT2D eigenvalue weighted by molar-refractivity contribution is 5.51. The van der Waals surface area contributed by atoms with Gasteiger partial charge in [-0.2, -0.15) is 0 Å². The highest BCUT2D eigenvalue weighted by atomic mass is 16.3. The molecule has 0 fully saturated rings. The van der Waals surface area contributed by atoms with Crippen molar-refractivity contribution >= 4 is 11.5 Å². The highest BCUT2D eigenvalue weighted by Gasteiger charge is 1.94. The molecule has 1 aromatic heterocycles. The zero-order valence-corrected chi connectivity index (χ0v) is 8.45. The van der Waals surface area contributed by atoms with Crippen LogP contribution in [0.1, 0.15) is 13.3 Å². The van der Waals surface area contributed by atoms with Crippen molar-refractivity contribution in [2.75, 3.05) is 30.3 Å². The number of nitrogens with zero attached hydrogens (tertiary/aromatic N) is 1. The van der Waals surface area contributed by atoms with Crippen LogP contribution in [0.2, 0.25) is 0 Å². The van der Waals surface area contributed by atoms with Crippen molar-refractivity contribution in [3.63, 3.8) is 0 Å². The van der Waals surface area contributed by atoms with Crippen molar-refractivity contribution in [2.24, 2.45) is 0 Å². The molecule has 0 saturated carbocycles. The van der Waals surface area contributed by atoms with Crippen LogP contribution in [0.3, 0.4) is 0 Å². The van der Waals surface area contributed by atoms with Gasteiger partial charge < -0.3 is 15.7 Å². The molecule has 0 radical (unpaired) electrons. The lowest BCUT2D eigenvalue weighted by molar-refractivity contribution is 0.292. The number of hydrogen-bond acceptors (Lipinski definition) is 4. The zero-order chi connectivity index (χ0) is 10.2. The molecule has 0 amide bonds. The van der Waals surface area contributed by atoms with Gasteiger partial charge in [-0.05, 0) is 19.4 Å². The lowest BCUT2D eigenvalue weighted by atomic mass is 10.3. The fourth-order valence-electron chi connectivity index (χ4n) is 1.13. The van der Waals surface area contributed by atoms with Crippen molar-refractivity contribution in [1.82, 2.24) is 4.98 Å². The Morgan fingerprint density at radius 3 is 3.00 bits per heavy atom. The lowest BCUT2D eigenvalue weighted by Gasteiger charge is -2.07. The molecule has 14 heavy (non-hydrogen) atoms. The van der Waals surface area contributed by atoms with E-state index in [1.54, 1.807) is 6.20 Å². The zero-order valence-electron chi connectivity index (χ0n) is 8.45. The van der Waals surface area contributed by atoms with E-state index in [1.807, 2.05) is 19.1 Å². The molecule has 0 aliphatic heterocycles. The molecule has 4 nitrogen and oxygen atoms in total. The van der Waals surface area contributed by atoms with Gasteiger partial charge in [0.25, 0.3) is 0 Å². The third-order valence-electron chi connectivity index (χ3n) is 1.78. The standard InChI is InChI=1S/C10H17N3O/c1-2-11-10-8-9(4-6-13-10)12-5-3-7-14/h4,6,8,14H,2-3,5,7H2,1H3,(H2,11,12,13). The Kier molecular flexibility index (Phi) is 4.78. The van der Waals surface area contributed by atoms with Crippen LogP contribution < -0.4 is 10.6 Å². The second-order valence-corrected chi connectivity index (χ2v) is 2.96. The van der Waals surface area contributed by atoms with Gasteiger partial charge in [0.2, 0.25) is 0 Å². The van der Waals surface area contributed by atoms with E-state index in [1.165, 1.54) is 0 Å². The van der Waals surface area contributed by atoms with E-state index in [2.05, 4.69) is 15.6 Å². The van der Waals surface area contributed by atoms with Crippen LogP contribution in [-0.2, 0) is 0 Å². The summed E-state index contributed by atoms with van der Waals surface area (Å²) in [4.78, 5) is 4.16. The average molecular weight is 195 g/mol. The van der Waals surface area contributed by atoms with Crippen LogP contribution in [0.4, 0.5) is 11.5 Å². The Morgan fingerprint density at radius 1 is 1.43 bits per heavy atom. The van der Waals surface area contributed by atoms with E-state index in [9.17, 15) is 0 Å². The number of aliphatic hydroxyl groups excluding tert-OH is 1. The Hall–Kier alpha value is -1.29. The third-order valence-corrected chi connectivity index (χ3v) is 1.78. The fraction of sp³-hybridized carbons (Fsp3) is 0.500. The quantitative estimate of drug-likeness (QED) is 0.599. The first kappa shape index (κ1) is 10.8. The van der Waals surface area contributed by atoms with E-state index in [4.69, 9.17) is 5.11 Å². The van der Waals surface area contributed by atoms with E-state index in [0.717, 1.165) is 31.0 Å². The molecular formula is C10H17N3O. The van der Waals surface area contributed by atoms with E-state index < -0.39 is 0 Å². The molecule has 0 atom stereocenters. The summed E-state index contributed by atoms with van der Waals surface area (Å²) in [6, 6.07) is 3.87. The molecule has 0 aliphatic carbocycles. The van der Waals surface area contributed by atoms with Gasteiger partial charge >= 0.3 is 0 Å². The Bertz CT molecular complexity index is 265. The maximum Gasteiger partial charge on any atom is 0.127 e. The normalized spacial score (nSPS) is 9.86. The van der Waals surface area contributed by atoms with Crippen LogP contribution in [0, 0.1) is 0 Å². The molecular weight excluding hydrogens is 178 g/mol. The molecule has 3 N–H and O–H groups in total. The van der Waals surface area contributed by atoms with Crippen LogP contribution >= 0.6 is 0 Å². The number of hydrogen-bond donors (Lipinski definition) is 3. The number of aliphatic hydroxyl groups is 1. The summed E-state index contributed by atoms with van der Waals surface area (Å²) in [5.74, 6) is 0.876. The molecule has 0 spiro atoms. The van der Waals surface area contributed by atoms with E-state index in [0.29, 0.717) is 0 Å². The third kappa shape index (κ3) is 3.62. The minimum atomic E-state index is 0.220. The molecule has 0 bridgehead atoms. The van der Waals surface area contributed by atoms with Gasteiger partial charge in [0.05, 0.1) is 0 Å². The summed E-state index contributed by atoms with van der Waals surface area (Å²) in [7, 11) is 0. The van der Waals surface area contributed by atoms with E-state index in [-0.39, 0.29) is 6.61 Å². The second-order valence-electron chi connectivity index (χ2n) is 2.96. The minimum Gasteiger partial charge on any atom is -0.396 e. The largest absolute Gasteiger partial charge is 0.396 e. The summed E-state index contributed by atoms with van der Waals surface area (Å²) in [5, 5.41) is 15.0. The Balaban J connectivity index is 2.46. The predicted octanol–water partition coefficient (Wildman–Crippen LogP) is 1.31. The number of anilines is 2. The summed E-state index contributed by atoms with van der Waals surface area (Å²) < 4.78 is 0. The van der Waals surface area contributed by atoms with Crippen LogP contribution in [-0.4, -0.2) is 29.8 Å². The van der Waals surface area contributed by atoms with Gasteiger partial charge in [-0.3, -0.25) is 0 Å². The summed E-state index contributed by atoms with van der Waals surface area (Å²) in [6.45, 7) is 3.91. The number of pyridine rings is 1. The molecule has 78 valence electrons. The van der Waals surface area contributed by atoms with Gasteiger partial charge in [-0.25, -0.2) is 4.98 Å².